The van der Waals surface area contributed by atoms with Gasteiger partial charge in [0.2, 0.25) is 11.8 Å². The summed E-state index contributed by atoms with van der Waals surface area (Å²) in [6.45, 7) is 7.90. The lowest BCUT2D eigenvalue weighted by Crippen LogP contribution is -2.27. The SMILES string of the molecule is Cc1nc(C)n(C[C@@H](C)C(=O)Nc2ccc(CCC(=O)N3CCCC3)cc2)n1. The molecule has 0 spiro atoms. The first-order chi connectivity index (χ1) is 13.4. The van der Waals surface area contributed by atoms with Crippen molar-refractivity contribution in [3.05, 3.63) is 41.5 Å². The number of benzene rings is 1. The lowest BCUT2D eigenvalue weighted by molar-refractivity contribution is -0.130. The fourth-order valence-corrected chi connectivity index (χ4v) is 3.47. The summed E-state index contributed by atoms with van der Waals surface area (Å²) >= 11 is 0. The Balaban J connectivity index is 1.48. The molecule has 0 unspecified atom stereocenters. The highest BCUT2D eigenvalue weighted by Crippen LogP contribution is 2.15. The first-order valence-corrected chi connectivity index (χ1v) is 9.98. The zero-order valence-electron chi connectivity index (χ0n) is 16.9. The smallest absolute Gasteiger partial charge is 0.229 e. The topological polar surface area (TPSA) is 80.1 Å². The van der Waals surface area contributed by atoms with Gasteiger partial charge in [0.15, 0.2) is 0 Å². The van der Waals surface area contributed by atoms with Gasteiger partial charge < -0.3 is 10.2 Å². The van der Waals surface area contributed by atoms with Crippen LogP contribution in [-0.4, -0.2) is 44.6 Å². The van der Waals surface area contributed by atoms with Crippen LogP contribution in [0.3, 0.4) is 0 Å². The molecule has 3 rings (SSSR count). The van der Waals surface area contributed by atoms with Gasteiger partial charge in [-0.25, -0.2) is 9.67 Å². The number of nitrogens with one attached hydrogen (secondary N) is 1. The van der Waals surface area contributed by atoms with Crippen LogP contribution in [0.15, 0.2) is 24.3 Å². The summed E-state index contributed by atoms with van der Waals surface area (Å²) in [5, 5.41) is 7.26. The van der Waals surface area contributed by atoms with E-state index in [0.29, 0.717) is 18.8 Å². The van der Waals surface area contributed by atoms with E-state index < -0.39 is 0 Å². The first kappa shape index (κ1) is 20.0. The van der Waals surface area contributed by atoms with Crippen molar-refractivity contribution < 1.29 is 9.59 Å². The van der Waals surface area contributed by atoms with Gasteiger partial charge in [0.25, 0.3) is 0 Å². The average molecular weight is 383 g/mol. The summed E-state index contributed by atoms with van der Waals surface area (Å²) in [6.07, 6.45) is 3.51. The minimum atomic E-state index is -0.224. The van der Waals surface area contributed by atoms with Crippen LogP contribution < -0.4 is 5.32 Å². The number of hydrogen-bond acceptors (Lipinski definition) is 4. The van der Waals surface area contributed by atoms with E-state index >= 15 is 0 Å². The molecule has 0 aliphatic carbocycles. The predicted octanol–water partition coefficient (Wildman–Crippen LogP) is 2.72. The van der Waals surface area contributed by atoms with Gasteiger partial charge in [-0.1, -0.05) is 19.1 Å². The van der Waals surface area contributed by atoms with Crippen molar-refractivity contribution in [3.8, 4) is 0 Å². The summed E-state index contributed by atoms with van der Waals surface area (Å²) < 4.78 is 1.76. The van der Waals surface area contributed by atoms with Crippen molar-refractivity contribution in [2.75, 3.05) is 18.4 Å². The molecule has 2 heterocycles. The van der Waals surface area contributed by atoms with E-state index in [1.807, 2.05) is 49.9 Å². The zero-order chi connectivity index (χ0) is 20.1. The van der Waals surface area contributed by atoms with Crippen LogP contribution in [-0.2, 0) is 22.6 Å². The largest absolute Gasteiger partial charge is 0.343 e. The van der Waals surface area contributed by atoms with Crippen molar-refractivity contribution in [2.45, 2.75) is 53.0 Å². The normalized spacial score (nSPS) is 14.9. The van der Waals surface area contributed by atoms with Crippen LogP contribution in [0, 0.1) is 19.8 Å². The van der Waals surface area contributed by atoms with Crippen LogP contribution in [0.5, 0.6) is 0 Å². The molecule has 0 bridgehead atoms. The Bertz CT molecular complexity index is 822. The van der Waals surface area contributed by atoms with Crippen molar-refractivity contribution in [1.82, 2.24) is 19.7 Å². The van der Waals surface area contributed by atoms with Crippen molar-refractivity contribution >= 4 is 17.5 Å². The molecule has 1 N–H and O–H groups in total. The number of carbonyl (C=O) groups is 2. The zero-order valence-corrected chi connectivity index (χ0v) is 16.9. The van der Waals surface area contributed by atoms with Crippen LogP contribution in [0.1, 0.15) is 43.4 Å². The number of hydrogen-bond donors (Lipinski definition) is 1. The molecule has 0 radical (unpaired) electrons. The molecule has 7 heteroatoms. The summed E-state index contributed by atoms with van der Waals surface area (Å²) in [5.74, 6) is 1.48. The highest BCUT2D eigenvalue weighted by atomic mass is 16.2. The molecule has 0 saturated carbocycles. The second-order valence-electron chi connectivity index (χ2n) is 7.56. The van der Waals surface area contributed by atoms with Gasteiger partial charge >= 0.3 is 0 Å². The third-order valence-electron chi connectivity index (χ3n) is 5.16. The maximum atomic E-state index is 12.5. The maximum Gasteiger partial charge on any atom is 0.229 e. The minimum absolute atomic E-state index is 0.0514. The monoisotopic (exact) mass is 383 g/mol. The molecule has 1 aliphatic heterocycles. The van der Waals surface area contributed by atoms with Crippen molar-refractivity contribution in [1.29, 1.82) is 0 Å². The van der Waals surface area contributed by atoms with Gasteiger partial charge in [0, 0.05) is 25.2 Å². The lowest BCUT2D eigenvalue weighted by Gasteiger charge is -2.15. The Morgan fingerprint density at radius 1 is 1.14 bits per heavy atom. The van der Waals surface area contributed by atoms with E-state index in [9.17, 15) is 9.59 Å². The van der Waals surface area contributed by atoms with E-state index in [-0.39, 0.29) is 17.7 Å². The fourth-order valence-electron chi connectivity index (χ4n) is 3.47. The van der Waals surface area contributed by atoms with E-state index in [1.54, 1.807) is 4.68 Å². The quantitative estimate of drug-likeness (QED) is 0.797. The average Bonchev–Trinajstić information content (AvgIpc) is 3.31. The molecule has 1 aliphatic rings. The Morgan fingerprint density at radius 3 is 2.43 bits per heavy atom. The van der Waals surface area contributed by atoms with Gasteiger partial charge in [-0.15, -0.1) is 0 Å². The standard InChI is InChI=1S/C21H29N5O2/c1-15(14-26-17(3)22-16(2)24-26)21(28)23-19-9-6-18(7-10-19)8-11-20(27)25-12-4-5-13-25/h6-7,9-10,15H,4-5,8,11-14H2,1-3H3,(H,23,28)/t15-/m1/s1. The first-order valence-electron chi connectivity index (χ1n) is 9.98. The Kier molecular flexibility index (Phi) is 6.44. The van der Waals surface area contributed by atoms with Crippen LogP contribution in [0.25, 0.3) is 0 Å². The molecule has 7 nitrogen and oxygen atoms in total. The molecule has 28 heavy (non-hydrogen) atoms. The summed E-state index contributed by atoms with van der Waals surface area (Å²) in [7, 11) is 0. The summed E-state index contributed by atoms with van der Waals surface area (Å²) in [4.78, 5) is 30.8. The number of anilines is 1. The number of aromatic nitrogens is 3. The fraction of sp³-hybridized carbons (Fsp3) is 0.524. The van der Waals surface area contributed by atoms with Crippen LogP contribution in [0.4, 0.5) is 5.69 Å². The molecule has 150 valence electrons. The summed E-state index contributed by atoms with van der Waals surface area (Å²) in [6, 6.07) is 7.74. The molecular weight excluding hydrogens is 354 g/mol. The molecule has 1 aromatic carbocycles. The van der Waals surface area contributed by atoms with E-state index in [0.717, 1.165) is 49.4 Å². The number of nitrogens with zero attached hydrogens (tertiary/aromatic N) is 4. The Hall–Kier alpha value is -2.70. The predicted molar refractivity (Wildman–Crippen MR) is 108 cm³/mol. The minimum Gasteiger partial charge on any atom is -0.343 e. The lowest BCUT2D eigenvalue weighted by atomic mass is 10.1. The van der Waals surface area contributed by atoms with Gasteiger partial charge in [-0.3, -0.25) is 9.59 Å². The molecule has 1 fully saturated rings. The van der Waals surface area contributed by atoms with Crippen molar-refractivity contribution in [2.24, 2.45) is 5.92 Å². The Labute approximate surface area is 166 Å². The van der Waals surface area contributed by atoms with E-state index in [1.165, 1.54) is 0 Å². The number of carbonyl (C=O) groups excluding carboxylic acids is 2. The molecule has 2 amide bonds. The second-order valence-corrected chi connectivity index (χ2v) is 7.56. The van der Waals surface area contributed by atoms with Crippen molar-refractivity contribution in [3.63, 3.8) is 0 Å². The van der Waals surface area contributed by atoms with E-state index in [2.05, 4.69) is 15.4 Å². The van der Waals surface area contributed by atoms with Gasteiger partial charge in [0.05, 0.1) is 12.5 Å². The number of amides is 2. The summed E-state index contributed by atoms with van der Waals surface area (Å²) in [5.41, 5.74) is 1.87. The molecule has 2 aromatic rings. The molecule has 1 atom stereocenters. The van der Waals surface area contributed by atoms with Crippen LogP contribution in [0.2, 0.25) is 0 Å². The number of aryl methyl sites for hydroxylation is 3. The number of rotatable bonds is 7. The van der Waals surface area contributed by atoms with Gasteiger partial charge in [-0.2, -0.15) is 5.10 Å². The third-order valence-corrected chi connectivity index (χ3v) is 5.16. The number of likely N-dealkylation sites (tertiary alicyclic amines) is 1. The highest BCUT2D eigenvalue weighted by Gasteiger charge is 2.18. The molecule has 1 saturated heterocycles. The molecular formula is C21H29N5O2. The van der Waals surface area contributed by atoms with Crippen LogP contribution >= 0.6 is 0 Å². The highest BCUT2D eigenvalue weighted by molar-refractivity contribution is 5.92. The third kappa shape index (κ3) is 5.18. The second kappa shape index (κ2) is 8.99. The van der Waals surface area contributed by atoms with E-state index in [4.69, 9.17) is 0 Å². The van der Waals surface area contributed by atoms with Gasteiger partial charge in [-0.05, 0) is 50.8 Å². The maximum absolute atomic E-state index is 12.5. The Morgan fingerprint density at radius 2 is 1.82 bits per heavy atom. The molecule has 1 aromatic heterocycles. The van der Waals surface area contributed by atoms with Gasteiger partial charge in [0.1, 0.15) is 11.6 Å².